The molecule has 3 nitrogen and oxygen atoms in total. The van der Waals surface area contributed by atoms with Crippen molar-refractivity contribution in [3.63, 3.8) is 0 Å². The molecule has 146 valence electrons. The van der Waals surface area contributed by atoms with Gasteiger partial charge in [0, 0.05) is 25.0 Å². The molecule has 2 aromatic rings. The van der Waals surface area contributed by atoms with Crippen LogP contribution in [0.5, 0.6) is 0 Å². The summed E-state index contributed by atoms with van der Waals surface area (Å²) in [6.45, 7) is 0.731. The highest BCUT2D eigenvalue weighted by molar-refractivity contribution is 5.78. The second-order valence-corrected chi connectivity index (χ2v) is 8.65. The fraction of sp³-hybridized carbons (Fsp3) is 0.458. The fourth-order valence-corrected chi connectivity index (χ4v) is 5.80. The summed E-state index contributed by atoms with van der Waals surface area (Å²) in [7, 11) is 2.21. The van der Waals surface area contributed by atoms with Crippen molar-refractivity contribution in [1.29, 1.82) is 0 Å². The number of fused-ring (bicyclic) bond motifs is 3. The van der Waals surface area contributed by atoms with Crippen molar-refractivity contribution in [2.75, 3.05) is 13.6 Å². The van der Waals surface area contributed by atoms with Gasteiger partial charge in [-0.25, -0.2) is 4.39 Å². The van der Waals surface area contributed by atoms with Gasteiger partial charge in [-0.2, -0.15) is 0 Å². The van der Waals surface area contributed by atoms with Gasteiger partial charge in [-0.15, -0.1) is 0 Å². The first-order valence-electron chi connectivity index (χ1n) is 10.5. The number of amides is 1. The summed E-state index contributed by atoms with van der Waals surface area (Å²) < 4.78 is 13.5. The minimum absolute atomic E-state index is 0.116. The Bertz CT molecular complexity index is 880. The zero-order valence-electron chi connectivity index (χ0n) is 16.4. The normalized spacial score (nSPS) is 29.1. The Hall–Kier alpha value is -2.20. The molecule has 3 aliphatic rings. The van der Waals surface area contributed by atoms with Gasteiger partial charge in [-0.3, -0.25) is 4.79 Å². The lowest BCUT2D eigenvalue weighted by molar-refractivity contribution is -0.134. The Labute approximate surface area is 166 Å². The van der Waals surface area contributed by atoms with Crippen LogP contribution in [-0.4, -0.2) is 41.4 Å². The van der Waals surface area contributed by atoms with Gasteiger partial charge in [0.1, 0.15) is 5.82 Å². The maximum absolute atomic E-state index is 13.5. The third-order valence-corrected chi connectivity index (χ3v) is 7.24. The lowest BCUT2D eigenvalue weighted by Gasteiger charge is -2.38. The number of carbonyl (C=O) groups is 1. The van der Waals surface area contributed by atoms with Gasteiger partial charge in [0.2, 0.25) is 5.91 Å². The molecule has 0 spiro atoms. The second kappa shape index (κ2) is 7.00. The van der Waals surface area contributed by atoms with Crippen molar-refractivity contribution in [2.24, 2.45) is 5.92 Å². The largest absolute Gasteiger partial charge is 0.331 e. The summed E-state index contributed by atoms with van der Waals surface area (Å²) in [5, 5.41) is 0. The lowest BCUT2D eigenvalue weighted by atomic mass is 9.84. The molecule has 3 heterocycles. The molecule has 0 saturated carbocycles. The number of rotatable bonds is 3. The maximum Gasteiger partial charge on any atom is 0.223 e. The quantitative estimate of drug-likeness (QED) is 0.800. The molecule has 4 heteroatoms. The summed E-state index contributed by atoms with van der Waals surface area (Å²) in [5.74, 6) is 0.479. The van der Waals surface area contributed by atoms with E-state index < -0.39 is 0 Å². The number of carbonyl (C=O) groups excluding carboxylic acids is 1. The molecule has 2 bridgehead atoms. The monoisotopic (exact) mass is 378 g/mol. The first kappa shape index (κ1) is 17.9. The summed E-state index contributed by atoms with van der Waals surface area (Å²) in [6, 6.07) is 16.1. The Morgan fingerprint density at radius 3 is 2.61 bits per heavy atom. The third kappa shape index (κ3) is 2.95. The van der Waals surface area contributed by atoms with E-state index in [-0.39, 0.29) is 17.8 Å². The Balaban J connectivity index is 1.44. The molecule has 0 radical (unpaired) electrons. The van der Waals surface area contributed by atoms with Gasteiger partial charge in [-0.05, 0) is 67.5 Å². The van der Waals surface area contributed by atoms with Crippen LogP contribution in [0.2, 0.25) is 0 Å². The van der Waals surface area contributed by atoms with E-state index in [1.165, 1.54) is 36.1 Å². The van der Waals surface area contributed by atoms with Crippen LogP contribution in [0.4, 0.5) is 4.39 Å². The zero-order valence-corrected chi connectivity index (χ0v) is 16.4. The van der Waals surface area contributed by atoms with Gasteiger partial charge in [0.25, 0.3) is 0 Å². The van der Waals surface area contributed by atoms with E-state index in [0.29, 0.717) is 24.4 Å². The highest BCUT2D eigenvalue weighted by Crippen LogP contribution is 2.43. The number of halogens is 1. The van der Waals surface area contributed by atoms with Crippen molar-refractivity contribution < 1.29 is 9.18 Å². The Morgan fingerprint density at radius 1 is 1.11 bits per heavy atom. The SMILES string of the molecule is CN1[C@@H]2CC[C@H]1[C@@H](CC(=O)N1CCc3ccccc3[C@@H]1c1ccc(F)cc1)C2. The molecule has 3 aliphatic heterocycles. The average molecular weight is 378 g/mol. The molecule has 2 fully saturated rings. The topological polar surface area (TPSA) is 23.6 Å². The highest BCUT2D eigenvalue weighted by Gasteiger charge is 2.45. The van der Waals surface area contributed by atoms with Gasteiger partial charge in [0.15, 0.2) is 0 Å². The number of benzene rings is 2. The van der Waals surface area contributed by atoms with E-state index in [1.54, 1.807) is 0 Å². The smallest absolute Gasteiger partial charge is 0.223 e. The third-order valence-electron chi connectivity index (χ3n) is 7.24. The van der Waals surface area contributed by atoms with E-state index in [9.17, 15) is 9.18 Å². The minimum atomic E-state index is -0.240. The molecule has 1 amide bonds. The molecule has 4 atom stereocenters. The van der Waals surface area contributed by atoms with Crippen LogP contribution >= 0.6 is 0 Å². The van der Waals surface area contributed by atoms with Gasteiger partial charge < -0.3 is 9.80 Å². The first-order chi connectivity index (χ1) is 13.6. The van der Waals surface area contributed by atoms with E-state index in [2.05, 4.69) is 30.1 Å². The molecule has 0 aliphatic carbocycles. The van der Waals surface area contributed by atoms with Crippen molar-refractivity contribution in [2.45, 2.75) is 50.2 Å². The molecule has 0 unspecified atom stereocenters. The minimum Gasteiger partial charge on any atom is -0.331 e. The molecule has 2 aromatic carbocycles. The van der Waals surface area contributed by atoms with E-state index in [4.69, 9.17) is 0 Å². The van der Waals surface area contributed by atoms with Crippen LogP contribution in [0.25, 0.3) is 0 Å². The van der Waals surface area contributed by atoms with Crippen molar-refractivity contribution >= 4 is 5.91 Å². The van der Waals surface area contributed by atoms with Crippen molar-refractivity contribution in [1.82, 2.24) is 9.80 Å². The van der Waals surface area contributed by atoms with E-state index in [0.717, 1.165) is 24.9 Å². The first-order valence-corrected chi connectivity index (χ1v) is 10.5. The molecule has 28 heavy (non-hydrogen) atoms. The highest BCUT2D eigenvalue weighted by atomic mass is 19.1. The summed E-state index contributed by atoms with van der Waals surface area (Å²) in [4.78, 5) is 18.0. The summed E-state index contributed by atoms with van der Waals surface area (Å²) in [5.41, 5.74) is 3.46. The van der Waals surface area contributed by atoms with Crippen LogP contribution in [0.3, 0.4) is 0 Å². The van der Waals surface area contributed by atoms with Gasteiger partial charge in [0.05, 0.1) is 6.04 Å². The standard InChI is InChI=1S/C24H27FN2O/c1-26-20-10-11-22(26)18(14-20)15-23(28)27-13-12-16-4-2-3-5-21(16)24(27)17-6-8-19(25)9-7-17/h2-9,18,20,22,24H,10-15H2,1H3/t18-,20-,22+,24+/m1/s1. The molecule has 2 saturated heterocycles. The number of hydrogen-bond donors (Lipinski definition) is 0. The molecule has 0 N–H and O–H groups in total. The molecule has 5 rings (SSSR count). The molecular weight excluding hydrogens is 351 g/mol. The van der Waals surface area contributed by atoms with Crippen LogP contribution < -0.4 is 0 Å². The van der Waals surface area contributed by atoms with Crippen LogP contribution in [0.1, 0.15) is 48.4 Å². The zero-order chi connectivity index (χ0) is 19.3. The maximum atomic E-state index is 13.5. The van der Waals surface area contributed by atoms with Crippen LogP contribution in [0.15, 0.2) is 48.5 Å². The second-order valence-electron chi connectivity index (χ2n) is 8.65. The average Bonchev–Trinajstić information content (AvgIpc) is 3.21. The van der Waals surface area contributed by atoms with E-state index >= 15 is 0 Å². The van der Waals surface area contributed by atoms with E-state index in [1.807, 2.05) is 23.1 Å². The Kier molecular flexibility index (Phi) is 4.47. The molecular formula is C24H27FN2O. The van der Waals surface area contributed by atoms with Gasteiger partial charge >= 0.3 is 0 Å². The van der Waals surface area contributed by atoms with Crippen LogP contribution in [-0.2, 0) is 11.2 Å². The lowest BCUT2D eigenvalue weighted by Crippen LogP contribution is -2.42. The number of nitrogens with zero attached hydrogens (tertiary/aromatic N) is 2. The van der Waals surface area contributed by atoms with Crippen molar-refractivity contribution in [3.8, 4) is 0 Å². The van der Waals surface area contributed by atoms with Gasteiger partial charge in [-0.1, -0.05) is 36.4 Å². The van der Waals surface area contributed by atoms with Crippen molar-refractivity contribution in [3.05, 3.63) is 71.0 Å². The Morgan fingerprint density at radius 2 is 1.89 bits per heavy atom. The number of hydrogen-bond acceptors (Lipinski definition) is 2. The summed E-state index contributed by atoms with van der Waals surface area (Å²) in [6.07, 6.45) is 5.17. The molecule has 0 aromatic heterocycles. The summed E-state index contributed by atoms with van der Waals surface area (Å²) >= 11 is 0. The van der Waals surface area contributed by atoms with Crippen LogP contribution in [0, 0.1) is 11.7 Å². The predicted molar refractivity (Wildman–Crippen MR) is 107 cm³/mol. The fourth-order valence-electron chi connectivity index (χ4n) is 5.80. The predicted octanol–water partition coefficient (Wildman–Crippen LogP) is 4.17.